The summed E-state index contributed by atoms with van der Waals surface area (Å²) in [5.74, 6) is -0.868. The standard InChI is InChI=1S/C22H26BrCl2N3O4S/c1-4-8-26-22(30)15(2)27(13-16-6-5-7-17(23)9-16)21(29)14-28(33(3,31)32)20-11-18(24)10-19(25)12-20/h5-7,9-12,15H,4,8,13-14H2,1-3H3,(H,26,30)/t15-/m0/s1. The van der Waals surface area contributed by atoms with Gasteiger partial charge in [0.1, 0.15) is 12.6 Å². The van der Waals surface area contributed by atoms with Gasteiger partial charge >= 0.3 is 0 Å². The van der Waals surface area contributed by atoms with Crippen LogP contribution < -0.4 is 9.62 Å². The van der Waals surface area contributed by atoms with Gasteiger partial charge in [-0.1, -0.05) is 58.2 Å². The number of sulfonamides is 1. The van der Waals surface area contributed by atoms with E-state index in [1.165, 1.54) is 23.1 Å². The number of halogens is 3. The molecule has 1 atom stereocenters. The van der Waals surface area contributed by atoms with Crippen LogP contribution in [0.5, 0.6) is 0 Å². The van der Waals surface area contributed by atoms with E-state index in [4.69, 9.17) is 23.2 Å². The van der Waals surface area contributed by atoms with Gasteiger partial charge in [-0.15, -0.1) is 0 Å². The number of nitrogens with zero attached hydrogens (tertiary/aromatic N) is 2. The van der Waals surface area contributed by atoms with Crippen LogP contribution >= 0.6 is 39.1 Å². The predicted molar refractivity (Wildman–Crippen MR) is 136 cm³/mol. The maximum atomic E-state index is 13.4. The minimum absolute atomic E-state index is 0.118. The fourth-order valence-electron chi connectivity index (χ4n) is 3.11. The summed E-state index contributed by atoms with van der Waals surface area (Å²) >= 11 is 15.5. The van der Waals surface area contributed by atoms with Gasteiger partial charge in [-0.25, -0.2) is 8.42 Å². The summed E-state index contributed by atoms with van der Waals surface area (Å²) < 4.78 is 26.8. The lowest BCUT2D eigenvalue weighted by molar-refractivity contribution is -0.139. The molecular formula is C22H26BrCl2N3O4S. The Labute approximate surface area is 213 Å². The van der Waals surface area contributed by atoms with Crippen molar-refractivity contribution in [2.24, 2.45) is 0 Å². The van der Waals surface area contributed by atoms with E-state index >= 15 is 0 Å². The van der Waals surface area contributed by atoms with E-state index in [0.29, 0.717) is 6.54 Å². The Morgan fingerprint density at radius 1 is 1.12 bits per heavy atom. The number of hydrogen-bond acceptors (Lipinski definition) is 4. The molecule has 2 aromatic rings. The second-order valence-corrected chi connectivity index (χ2v) is 11.2. The first-order chi connectivity index (χ1) is 15.4. The number of carbonyl (C=O) groups excluding carboxylic acids is 2. The van der Waals surface area contributed by atoms with Crippen molar-refractivity contribution in [3.8, 4) is 0 Å². The highest BCUT2D eigenvalue weighted by atomic mass is 79.9. The average Bonchev–Trinajstić information content (AvgIpc) is 2.71. The lowest BCUT2D eigenvalue weighted by Crippen LogP contribution is -2.51. The smallest absolute Gasteiger partial charge is 0.244 e. The molecule has 33 heavy (non-hydrogen) atoms. The summed E-state index contributed by atoms with van der Waals surface area (Å²) in [6.45, 7) is 3.61. The third-order valence-electron chi connectivity index (χ3n) is 4.77. The van der Waals surface area contributed by atoms with Gasteiger partial charge in [-0.3, -0.25) is 13.9 Å². The number of benzene rings is 2. The van der Waals surface area contributed by atoms with Crippen LogP contribution in [0.2, 0.25) is 10.0 Å². The van der Waals surface area contributed by atoms with Crippen LogP contribution in [0, 0.1) is 0 Å². The number of hydrogen-bond donors (Lipinski definition) is 1. The van der Waals surface area contributed by atoms with Crippen molar-refractivity contribution in [2.45, 2.75) is 32.9 Å². The molecule has 0 bridgehead atoms. The normalized spacial score (nSPS) is 12.2. The second kappa shape index (κ2) is 12.1. The third kappa shape index (κ3) is 8.17. The van der Waals surface area contributed by atoms with Crippen LogP contribution in [-0.4, -0.2) is 50.5 Å². The molecule has 7 nitrogen and oxygen atoms in total. The Morgan fingerprint density at radius 2 is 1.76 bits per heavy atom. The van der Waals surface area contributed by atoms with Crippen molar-refractivity contribution in [1.82, 2.24) is 10.2 Å². The molecule has 0 fully saturated rings. The van der Waals surface area contributed by atoms with E-state index < -0.39 is 28.5 Å². The summed E-state index contributed by atoms with van der Waals surface area (Å²) in [4.78, 5) is 27.4. The van der Waals surface area contributed by atoms with E-state index in [1.54, 1.807) is 6.92 Å². The van der Waals surface area contributed by atoms with Crippen LogP contribution in [0.3, 0.4) is 0 Å². The number of anilines is 1. The largest absolute Gasteiger partial charge is 0.354 e. The number of rotatable bonds is 10. The van der Waals surface area contributed by atoms with Gasteiger partial charge in [-0.2, -0.15) is 0 Å². The Balaban J connectivity index is 2.40. The number of nitrogens with one attached hydrogen (secondary N) is 1. The van der Waals surface area contributed by atoms with Crippen molar-refractivity contribution >= 4 is 66.7 Å². The van der Waals surface area contributed by atoms with Gasteiger partial charge in [0.2, 0.25) is 21.8 Å². The molecule has 11 heteroatoms. The highest BCUT2D eigenvalue weighted by Crippen LogP contribution is 2.27. The quantitative estimate of drug-likeness (QED) is 0.451. The van der Waals surface area contributed by atoms with E-state index in [9.17, 15) is 18.0 Å². The molecule has 0 unspecified atom stereocenters. The zero-order chi connectivity index (χ0) is 24.8. The molecular weight excluding hydrogens is 553 g/mol. The van der Waals surface area contributed by atoms with E-state index in [-0.39, 0.29) is 28.2 Å². The van der Waals surface area contributed by atoms with Crippen LogP contribution in [-0.2, 0) is 26.2 Å². The molecule has 1 N–H and O–H groups in total. The Kier molecular flexibility index (Phi) is 10.0. The zero-order valence-electron chi connectivity index (χ0n) is 18.5. The molecule has 0 aromatic heterocycles. The molecule has 0 aliphatic heterocycles. The second-order valence-electron chi connectivity index (χ2n) is 7.52. The molecule has 0 spiro atoms. The summed E-state index contributed by atoms with van der Waals surface area (Å²) in [7, 11) is -3.86. The van der Waals surface area contributed by atoms with Gasteiger partial charge in [-0.05, 0) is 49.2 Å². The summed E-state index contributed by atoms with van der Waals surface area (Å²) in [6, 6.07) is 10.8. The van der Waals surface area contributed by atoms with Gasteiger partial charge in [0.05, 0.1) is 11.9 Å². The van der Waals surface area contributed by atoms with E-state index in [0.717, 1.165) is 27.0 Å². The molecule has 180 valence electrons. The van der Waals surface area contributed by atoms with Gasteiger partial charge in [0.25, 0.3) is 0 Å². The van der Waals surface area contributed by atoms with Crippen LogP contribution in [0.4, 0.5) is 5.69 Å². The van der Waals surface area contributed by atoms with Crippen molar-refractivity contribution in [3.05, 3.63) is 62.5 Å². The SMILES string of the molecule is CCCNC(=O)[C@H](C)N(Cc1cccc(Br)c1)C(=O)CN(c1cc(Cl)cc(Cl)c1)S(C)(=O)=O. The average molecular weight is 579 g/mol. The van der Waals surface area contributed by atoms with Crippen molar-refractivity contribution in [1.29, 1.82) is 0 Å². The zero-order valence-corrected chi connectivity index (χ0v) is 22.4. The first kappa shape index (κ1) is 27.4. The predicted octanol–water partition coefficient (Wildman–Crippen LogP) is 4.47. The fraction of sp³-hybridized carbons (Fsp3) is 0.364. The summed E-state index contributed by atoms with van der Waals surface area (Å²) in [6.07, 6.45) is 1.74. The molecule has 0 aliphatic rings. The van der Waals surface area contributed by atoms with Crippen molar-refractivity contribution < 1.29 is 18.0 Å². The van der Waals surface area contributed by atoms with Crippen LogP contribution in [0.1, 0.15) is 25.8 Å². The molecule has 2 aromatic carbocycles. The summed E-state index contributed by atoms with van der Waals surface area (Å²) in [5.41, 5.74) is 0.943. The third-order valence-corrected chi connectivity index (χ3v) is 6.84. The van der Waals surface area contributed by atoms with Gasteiger partial charge < -0.3 is 10.2 Å². The summed E-state index contributed by atoms with van der Waals surface area (Å²) in [5, 5.41) is 3.25. The van der Waals surface area contributed by atoms with Crippen molar-refractivity contribution in [2.75, 3.05) is 23.7 Å². The lowest BCUT2D eigenvalue weighted by atomic mass is 10.1. The molecule has 0 saturated heterocycles. The lowest BCUT2D eigenvalue weighted by Gasteiger charge is -2.31. The first-order valence-electron chi connectivity index (χ1n) is 10.2. The molecule has 2 rings (SSSR count). The number of carbonyl (C=O) groups is 2. The van der Waals surface area contributed by atoms with E-state index in [1.807, 2.05) is 31.2 Å². The highest BCUT2D eigenvalue weighted by Gasteiger charge is 2.30. The van der Waals surface area contributed by atoms with Crippen LogP contribution in [0.15, 0.2) is 46.9 Å². The van der Waals surface area contributed by atoms with Gasteiger partial charge in [0, 0.05) is 27.6 Å². The monoisotopic (exact) mass is 577 g/mol. The topological polar surface area (TPSA) is 86.8 Å². The first-order valence-corrected chi connectivity index (χ1v) is 13.6. The maximum absolute atomic E-state index is 13.4. The molecule has 0 radical (unpaired) electrons. The fourth-order valence-corrected chi connectivity index (χ4v) is 4.90. The molecule has 0 saturated carbocycles. The Bertz CT molecular complexity index is 1090. The number of amides is 2. The van der Waals surface area contributed by atoms with Gasteiger partial charge in [0.15, 0.2) is 0 Å². The minimum atomic E-state index is -3.86. The van der Waals surface area contributed by atoms with Crippen LogP contribution in [0.25, 0.3) is 0 Å². The Hall–Kier alpha value is -1.81. The molecule has 0 heterocycles. The Morgan fingerprint density at radius 3 is 2.30 bits per heavy atom. The molecule has 2 amide bonds. The maximum Gasteiger partial charge on any atom is 0.244 e. The van der Waals surface area contributed by atoms with Crippen molar-refractivity contribution in [3.63, 3.8) is 0 Å². The molecule has 0 aliphatic carbocycles. The highest BCUT2D eigenvalue weighted by molar-refractivity contribution is 9.10. The van der Waals surface area contributed by atoms with E-state index in [2.05, 4.69) is 21.2 Å². The minimum Gasteiger partial charge on any atom is -0.354 e.